The van der Waals surface area contributed by atoms with E-state index in [1.54, 1.807) is 18.2 Å². The molecule has 0 aliphatic heterocycles. The van der Waals surface area contributed by atoms with E-state index in [1.165, 1.54) is 5.69 Å². The Labute approximate surface area is 196 Å². The van der Waals surface area contributed by atoms with Crippen molar-refractivity contribution in [2.24, 2.45) is 10.2 Å². The average molecular weight is 482 g/mol. The van der Waals surface area contributed by atoms with Crippen molar-refractivity contribution in [3.8, 4) is 6.07 Å². The van der Waals surface area contributed by atoms with Crippen molar-refractivity contribution >= 4 is 39.1 Å². The van der Waals surface area contributed by atoms with Gasteiger partial charge in [-0.25, -0.2) is 0 Å². The molecule has 0 saturated heterocycles. The molecule has 0 fully saturated rings. The van der Waals surface area contributed by atoms with E-state index in [0.717, 1.165) is 35.4 Å². The molecule has 2 aromatic carbocycles. The predicted octanol–water partition coefficient (Wildman–Crippen LogP) is 4.24. The van der Waals surface area contributed by atoms with E-state index in [2.05, 4.69) is 61.4 Å². The van der Waals surface area contributed by atoms with Crippen LogP contribution < -0.4 is 4.90 Å². The first kappa shape index (κ1) is 27.5. The fraction of sp³-hybridized carbons (Fsp3) is 0.381. The number of hydrogen-bond acceptors (Lipinski definition) is 8. The van der Waals surface area contributed by atoms with Gasteiger partial charge in [-0.1, -0.05) is 11.6 Å². The molecule has 9 nitrogen and oxygen atoms in total. The molecule has 0 aromatic heterocycles. The molecule has 0 saturated carbocycles. The van der Waals surface area contributed by atoms with Gasteiger partial charge in [-0.2, -0.15) is 10.4 Å². The highest BCUT2D eigenvalue weighted by Crippen LogP contribution is 2.29. The number of hydrogen-bond donors (Lipinski definition) is 0. The Morgan fingerprint density at radius 2 is 1.72 bits per heavy atom. The van der Waals surface area contributed by atoms with Gasteiger partial charge in [0.2, 0.25) is 0 Å². The van der Waals surface area contributed by atoms with Crippen LogP contribution in [0.2, 0.25) is 5.02 Å². The van der Waals surface area contributed by atoms with E-state index in [-0.39, 0.29) is 1.43 Å². The lowest BCUT2D eigenvalue weighted by molar-refractivity contribution is -0.868. The van der Waals surface area contributed by atoms with Gasteiger partial charge in [0.25, 0.3) is 0 Å². The maximum absolute atomic E-state index is 9.19. The van der Waals surface area contributed by atoms with Gasteiger partial charge in [0, 0.05) is 27.7 Å². The number of benzene rings is 2. The van der Waals surface area contributed by atoms with Crippen LogP contribution in [0.25, 0.3) is 0 Å². The number of likely N-dealkylation sites (N-methyl/N-ethyl adjacent to an activating group) is 2. The van der Waals surface area contributed by atoms with Crippen molar-refractivity contribution < 1.29 is 23.4 Å². The molecule has 0 heterocycles. The molecule has 0 atom stereocenters. The second kappa shape index (κ2) is 11.9. The van der Waals surface area contributed by atoms with Crippen LogP contribution in [-0.4, -0.2) is 62.8 Å². The third-order valence-electron chi connectivity index (χ3n) is 4.31. The second-order valence-corrected chi connectivity index (χ2v) is 9.20. The van der Waals surface area contributed by atoms with Crippen molar-refractivity contribution in [1.29, 1.82) is 5.26 Å². The number of quaternary nitrogens is 1. The zero-order valence-electron chi connectivity index (χ0n) is 19.7. The Bertz CT molecular complexity index is 1090. The summed E-state index contributed by atoms with van der Waals surface area (Å²) < 4.78 is 35.0. The van der Waals surface area contributed by atoms with Crippen LogP contribution in [0.4, 0.5) is 17.1 Å². The van der Waals surface area contributed by atoms with E-state index in [0.29, 0.717) is 16.3 Å². The molecule has 32 heavy (non-hydrogen) atoms. The van der Waals surface area contributed by atoms with Gasteiger partial charge in [-0.3, -0.25) is 8.42 Å². The topological polar surface area (TPSA) is 132 Å². The molecule has 0 aliphatic carbocycles. The van der Waals surface area contributed by atoms with E-state index in [4.69, 9.17) is 29.1 Å². The zero-order chi connectivity index (χ0) is 24.5. The minimum Gasteiger partial charge on any atom is -0.759 e. The van der Waals surface area contributed by atoms with E-state index in [1.807, 2.05) is 13.0 Å². The minimum absolute atomic E-state index is 0. The Morgan fingerprint density at radius 3 is 2.22 bits per heavy atom. The van der Waals surface area contributed by atoms with Crippen LogP contribution in [0, 0.1) is 18.3 Å². The minimum atomic E-state index is -5.17. The molecule has 0 unspecified atom stereocenters. The highest BCUT2D eigenvalue weighted by molar-refractivity contribution is 7.79. The molecule has 2 rings (SSSR count). The summed E-state index contributed by atoms with van der Waals surface area (Å²) in [6, 6.07) is 13.3. The van der Waals surface area contributed by atoms with Crippen LogP contribution in [0.1, 0.15) is 19.5 Å². The van der Waals surface area contributed by atoms with E-state index < -0.39 is 10.4 Å². The van der Waals surface area contributed by atoms with Gasteiger partial charge in [0.15, 0.2) is 0 Å². The first-order chi connectivity index (χ1) is 14.7. The lowest BCUT2D eigenvalue weighted by atomic mass is 10.1. The smallest absolute Gasteiger partial charge is 0.759 e. The lowest BCUT2D eigenvalue weighted by Gasteiger charge is -2.29. The number of nitrogens with zero attached hydrogens (tertiary/aromatic N) is 5. The van der Waals surface area contributed by atoms with Crippen molar-refractivity contribution in [2.45, 2.75) is 13.8 Å². The highest BCUT2D eigenvalue weighted by atomic mass is 35.5. The molecular formula is C21H28ClN5O4S. The van der Waals surface area contributed by atoms with Gasteiger partial charge in [-0.15, -0.1) is 5.11 Å². The molecule has 0 bridgehead atoms. The van der Waals surface area contributed by atoms with Crippen LogP contribution in [0.15, 0.2) is 46.6 Å². The average Bonchev–Trinajstić information content (AvgIpc) is 2.65. The summed E-state index contributed by atoms with van der Waals surface area (Å²) in [5.41, 5.74) is 3.94. The first-order valence-corrected chi connectivity index (χ1v) is 11.4. The van der Waals surface area contributed by atoms with Gasteiger partial charge in [0.1, 0.15) is 11.8 Å². The molecule has 174 valence electrons. The van der Waals surface area contributed by atoms with Crippen molar-refractivity contribution in [3.05, 3.63) is 52.5 Å². The maximum Gasteiger partial charge on any atom is 1.00 e. The summed E-state index contributed by atoms with van der Waals surface area (Å²) in [4.78, 5) is 2.36. The van der Waals surface area contributed by atoms with E-state index >= 15 is 0 Å². The van der Waals surface area contributed by atoms with Crippen LogP contribution >= 0.6 is 11.6 Å². The van der Waals surface area contributed by atoms with Gasteiger partial charge in [0.05, 0.1) is 45.5 Å². The summed E-state index contributed by atoms with van der Waals surface area (Å²) in [7, 11) is 1.44. The van der Waals surface area contributed by atoms with E-state index in [9.17, 15) is 5.26 Å². The van der Waals surface area contributed by atoms with Gasteiger partial charge >= 0.3 is 1.43 Å². The quantitative estimate of drug-likeness (QED) is 0.251. The molecule has 11 heteroatoms. The van der Waals surface area contributed by atoms with Crippen LogP contribution in [-0.2, 0) is 10.4 Å². The summed E-state index contributed by atoms with van der Waals surface area (Å²) in [6.07, 6.45) is 0. The predicted molar refractivity (Wildman–Crippen MR) is 124 cm³/mol. The molecule has 2 aromatic rings. The summed E-state index contributed by atoms with van der Waals surface area (Å²) in [5.74, 6) is 0. The Hall–Kier alpha value is -2.55. The Balaban J connectivity index is 0.00000154. The number of halogens is 1. The maximum atomic E-state index is 9.19. The number of azo groups is 1. The van der Waals surface area contributed by atoms with Gasteiger partial charge < -0.3 is 18.5 Å². The standard InChI is InChI=1S/C21H27ClN5.H2O4S/c1-6-26(11-12-27(3,4)5)19-9-10-20(16(2)13-19)24-25-21-14-18(22)8-7-17(21)15-23;1-5(2,3)4/h7-10,13-14H,6,11-12H2,1-5H3;(H2,1,2,3,4)/q+1;/p-1. The fourth-order valence-electron chi connectivity index (χ4n) is 2.63. The monoisotopic (exact) mass is 481 g/mol. The third kappa shape index (κ3) is 10.7. The fourth-order valence-corrected chi connectivity index (χ4v) is 2.80. The molecular weight excluding hydrogens is 454 g/mol. The number of aryl methyl sites for hydroxylation is 1. The summed E-state index contributed by atoms with van der Waals surface area (Å²) in [5, 5.41) is 18.3. The second-order valence-electron chi connectivity index (χ2n) is 7.95. The van der Waals surface area contributed by atoms with Crippen LogP contribution in [0.3, 0.4) is 0 Å². The molecule has 0 amide bonds. The van der Waals surface area contributed by atoms with Crippen LogP contribution in [0.5, 0.6) is 0 Å². The first-order valence-electron chi connectivity index (χ1n) is 9.67. The largest absolute Gasteiger partial charge is 1.00 e. The SMILES string of the molecule is CCN(CC[N+](C)(C)C)c1ccc(N=Nc2cc(Cl)ccc2C#N)c(C)c1.O=S(=O)([O-])[O-].[H+]. The summed E-state index contributed by atoms with van der Waals surface area (Å²) >= 11 is 6.00. The Morgan fingerprint density at radius 1 is 1.12 bits per heavy atom. The number of anilines is 1. The Kier molecular flexibility index (Phi) is 10.2. The number of rotatable bonds is 7. The molecule has 0 N–H and O–H groups in total. The molecule has 0 radical (unpaired) electrons. The highest BCUT2D eigenvalue weighted by Gasteiger charge is 2.12. The third-order valence-corrected chi connectivity index (χ3v) is 4.55. The van der Waals surface area contributed by atoms with Crippen molar-refractivity contribution in [1.82, 2.24) is 0 Å². The number of nitriles is 1. The molecule has 0 spiro atoms. The van der Waals surface area contributed by atoms with Crippen molar-refractivity contribution in [2.75, 3.05) is 45.7 Å². The summed E-state index contributed by atoms with van der Waals surface area (Å²) in [6.45, 7) is 7.21. The molecule has 0 aliphatic rings. The van der Waals surface area contributed by atoms with Gasteiger partial charge in [-0.05, 0) is 55.8 Å². The normalized spacial score (nSPS) is 11.6. The van der Waals surface area contributed by atoms with Crippen molar-refractivity contribution in [3.63, 3.8) is 0 Å². The zero-order valence-corrected chi connectivity index (χ0v) is 20.3. The lowest BCUT2D eigenvalue weighted by Crippen LogP contribution is -2.42.